The average molecular weight is 383 g/mol. The van der Waals surface area contributed by atoms with Crippen molar-refractivity contribution in [3.05, 3.63) is 47.5 Å². The smallest absolute Gasteiger partial charge is 0.271 e. The van der Waals surface area contributed by atoms with Gasteiger partial charge in [-0.2, -0.15) is 8.42 Å². The monoisotopic (exact) mass is 382 g/mol. The Labute approximate surface area is 157 Å². The van der Waals surface area contributed by atoms with E-state index in [0.717, 1.165) is 5.56 Å². The van der Waals surface area contributed by atoms with Crippen molar-refractivity contribution in [2.45, 2.75) is 64.1 Å². The number of benzene rings is 1. The maximum Gasteiger partial charge on any atom is 0.271 e. The van der Waals surface area contributed by atoms with E-state index in [4.69, 9.17) is 8.92 Å². The maximum atomic E-state index is 12.1. The number of aliphatic hydroxyl groups is 1. The van der Waals surface area contributed by atoms with E-state index in [9.17, 15) is 13.5 Å². The van der Waals surface area contributed by atoms with Crippen LogP contribution in [0.1, 0.15) is 44.7 Å². The highest BCUT2D eigenvalue weighted by Gasteiger charge is 2.51. The minimum absolute atomic E-state index is 0.0334. The fraction of sp³-hybridized carbons (Fsp3) is 0.600. The molecule has 1 N–H and O–H groups in total. The second-order valence-corrected chi connectivity index (χ2v) is 9.00. The Morgan fingerprint density at radius 1 is 1.35 bits per heavy atom. The molecule has 5 nitrogen and oxygen atoms in total. The molecule has 146 valence electrons. The Hall–Kier alpha value is -1.21. The highest BCUT2D eigenvalue weighted by molar-refractivity contribution is 7.85. The van der Waals surface area contributed by atoms with E-state index in [2.05, 4.69) is 0 Å². The molecule has 0 saturated carbocycles. The molecule has 1 fully saturated rings. The van der Waals surface area contributed by atoms with Gasteiger partial charge < -0.3 is 9.84 Å². The molecule has 0 aliphatic carbocycles. The van der Waals surface area contributed by atoms with Crippen LogP contribution in [0.4, 0.5) is 0 Å². The van der Waals surface area contributed by atoms with Gasteiger partial charge in [0.05, 0.1) is 18.3 Å². The van der Waals surface area contributed by atoms with E-state index in [1.165, 1.54) is 0 Å². The molecule has 0 spiro atoms. The van der Waals surface area contributed by atoms with E-state index >= 15 is 0 Å². The van der Waals surface area contributed by atoms with Gasteiger partial charge in [-0.05, 0) is 38.2 Å². The number of epoxide rings is 1. The van der Waals surface area contributed by atoms with E-state index in [0.29, 0.717) is 18.4 Å². The second kappa shape index (κ2) is 8.65. The molecular formula is C20H30O5S. The summed E-state index contributed by atoms with van der Waals surface area (Å²) >= 11 is 0. The van der Waals surface area contributed by atoms with E-state index in [-0.39, 0.29) is 30.5 Å². The van der Waals surface area contributed by atoms with Crippen LogP contribution in [0, 0.1) is 12.8 Å². The molecule has 0 bridgehead atoms. The normalized spacial score (nSPS) is 25.3. The van der Waals surface area contributed by atoms with Gasteiger partial charge in [0.1, 0.15) is 11.9 Å². The summed E-state index contributed by atoms with van der Waals surface area (Å²) in [4.78, 5) is 0. The molecule has 1 aliphatic heterocycles. The van der Waals surface area contributed by atoms with Gasteiger partial charge in [-0.15, -0.1) is 0 Å². The van der Waals surface area contributed by atoms with Crippen molar-refractivity contribution in [2.24, 2.45) is 5.92 Å². The summed E-state index contributed by atoms with van der Waals surface area (Å²) in [5.41, 5.74) is 1.40. The molecule has 26 heavy (non-hydrogen) atoms. The van der Waals surface area contributed by atoms with Gasteiger partial charge in [-0.25, -0.2) is 0 Å². The second-order valence-electron chi connectivity index (χ2n) is 7.36. The third kappa shape index (κ3) is 6.20. The Morgan fingerprint density at radius 2 is 2.00 bits per heavy atom. The summed E-state index contributed by atoms with van der Waals surface area (Å²) in [6.07, 6.45) is 4.78. The van der Waals surface area contributed by atoms with Crippen LogP contribution in [-0.4, -0.2) is 37.9 Å². The summed E-state index contributed by atoms with van der Waals surface area (Å²) in [5.74, 6) is -0.0461. The first-order valence-electron chi connectivity index (χ1n) is 9.10. The Balaban J connectivity index is 1.78. The summed E-state index contributed by atoms with van der Waals surface area (Å²) in [5, 5.41) is 9.76. The zero-order valence-electron chi connectivity index (χ0n) is 16.0. The molecule has 2 rings (SSSR count). The lowest BCUT2D eigenvalue weighted by atomic mass is 9.99. The van der Waals surface area contributed by atoms with Crippen molar-refractivity contribution in [3.8, 4) is 0 Å². The Kier molecular flexibility index (Phi) is 7.02. The largest absolute Gasteiger partial charge is 0.393 e. The molecule has 0 amide bonds. The molecule has 1 aromatic rings. The van der Waals surface area contributed by atoms with Crippen LogP contribution in [0.25, 0.3) is 0 Å². The number of rotatable bonds is 10. The van der Waals surface area contributed by atoms with Gasteiger partial charge in [-0.3, -0.25) is 4.18 Å². The van der Waals surface area contributed by atoms with Crippen LogP contribution < -0.4 is 0 Å². The summed E-state index contributed by atoms with van der Waals surface area (Å²) in [6, 6.07) is 7.36. The zero-order chi connectivity index (χ0) is 19.4. The van der Waals surface area contributed by atoms with Crippen molar-refractivity contribution in [1.29, 1.82) is 0 Å². The maximum absolute atomic E-state index is 12.1. The Bertz CT molecular complexity index is 710. The minimum Gasteiger partial charge on any atom is -0.393 e. The highest BCUT2D eigenvalue weighted by atomic mass is 32.2. The first kappa shape index (κ1) is 21.1. The fourth-order valence-electron chi connectivity index (χ4n) is 2.79. The van der Waals surface area contributed by atoms with Crippen molar-refractivity contribution in [1.82, 2.24) is 0 Å². The van der Waals surface area contributed by atoms with Gasteiger partial charge in [-0.1, -0.05) is 55.8 Å². The predicted molar refractivity (Wildman–Crippen MR) is 102 cm³/mol. The minimum atomic E-state index is -3.63. The number of ether oxygens (including phenoxy) is 1. The quantitative estimate of drug-likeness (QED) is 0.381. The summed E-state index contributed by atoms with van der Waals surface area (Å²) in [7, 11) is -3.63. The van der Waals surface area contributed by atoms with E-state index in [1.54, 1.807) is 12.1 Å². The molecule has 1 heterocycles. The molecule has 1 aliphatic rings. The van der Waals surface area contributed by atoms with Gasteiger partial charge >= 0.3 is 0 Å². The standard InChI is InChI=1S/C20H30O5S/c1-5-18(21)16(3)7-6-12-20(4)19(25-20)13-24-26(22,23)14-17-10-8-15(2)9-11-17/h6-11,16,18-19,21H,5,12-14H2,1-4H3/b7-6+/t16-,18-,19+,20+/m0/s1. The molecule has 0 aromatic heterocycles. The third-order valence-corrected chi connectivity index (χ3v) is 6.07. The van der Waals surface area contributed by atoms with Crippen LogP contribution in [0.2, 0.25) is 0 Å². The van der Waals surface area contributed by atoms with Crippen LogP contribution in [0.15, 0.2) is 36.4 Å². The third-order valence-electron chi connectivity index (χ3n) is 4.89. The van der Waals surface area contributed by atoms with Gasteiger partial charge in [0.25, 0.3) is 10.1 Å². The van der Waals surface area contributed by atoms with Crippen LogP contribution in [0.5, 0.6) is 0 Å². The van der Waals surface area contributed by atoms with Gasteiger partial charge in [0.2, 0.25) is 0 Å². The number of hydrogen-bond donors (Lipinski definition) is 1. The lowest BCUT2D eigenvalue weighted by Crippen LogP contribution is -2.18. The van der Waals surface area contributed by atoms with Crippen molar-refractivity contribution < 1.29 is 22.4 Å². The van der Waals surface area contributed by atoms with Crippen LogP contribution in [-0.2, 0) is 24.8 Å². The Morgan fingerprint density at radius 3 is 2.62 bits per heavy atom. The molecule has 0 unspecified atom stereocenters. The zero-order valence-corrected chi connectivity index (χ0v) is 16.8. The lowest BCUT2D eigenvalue weighted by molar-refractivity contribution is 0.133. The first-order chi connectivity index (χ1) is 12.1. The van der Waals surface area contributed by atoms with E-state index in [1.807, 2.05) is 52.0 Å². The van der Waals surface area contributed by atoms with Crippen molar-refractivity contribution >= 4 is 10.1 Å². The molecule has 1 saturated heterocycles. The molecule has 6 heteroatoms. The number of aliphatic hydroxyl groups excluding tert-OH is 1. The average Bonchev–Trinajstić information content (AvgIpc) is 3.24. The molecule has 1 aromatic carbocycles. The predicted octanol–water partition coefficient (Wildman–Crippen LogP) is 3.35. The summed E-state index contributed by atoms with van der Waals surface area (Å²) in [6.45, 7) is 7.85. The van der Waals surface area contributed by atoms with E-state index < -0.39 is 15.7 Å². The molecule has 4 atom stereocenters. The SMILES string of the molecule is CC[C@H](O)[C@@H](C)/C=C/C[C@@]1(C)O[C@@H]1COS(=O)(=O)Cc1ccc(C)cc1. The van der Waals surface area contributed by atoms with Crippen molar-refractivity contribution in [3.63, 3.8) is 0 Å². The van der Waals surface area contributed by atoms with Gasteiger partial charge in [0, 0.05) is 0 Å². The topological polar surface area (TPSA) is 76.1 Å². The van der Waals surface area contributed by atoms with Crippen LogP contribution >= 0.6 is 0 Å². The first-order valence-corrected chi connectivity index (χ1v) is 10.7. The highest BCUT2D eigenvalue weighted by Crippen LogP contribution is 2.40. The molecule has 0 radical (unpaired) electrons. The fourth-order valence-corrected chi connectivity index (χ4v) is 3.81. The van der Waals surface area contributed by atoms with Gasteiger partial charge in [0.15, 0.2) is 0 Å². The summed E-state index contributed by atoms with van der Waals surface area (Å²) < 4.78 is 35.0. The lowest BCUT2D eigenvalue weighted by Gasteiger charge is -2.12. The number of aryl methyl sites for hydroxylation is 1. The number of hydrogen-bond acceptors (Lipinski definition) is 5. The van der Waals surface area contributed by atoms with Crippen molar-refractivity contribution in [2.75, 3.05) is 6.61 Å². The van der Waals surface area contributed by atoms with Crippen LogP contribution in [0.3, 0.4) is 0 Å². The molecular weight excluding hydrogens is 352 g/mol.